The maximum atomic E-state index is 5.75. The van der Waals surface area contributed by atoms with E-state index in [1.165, 1.54) is 0 Å². The summed E-state index contributed by atoms with van der Waals surface area (Å²) in [7, 11) is 1.77. The topological polar surface area (TPSA) is 81.9 Å². The Bertz CT molecular complexity index is 322. The van der Waals surface area contributed by atoms with E-state index in [1.54, 1.807) is 17.9 Å². The van der Waals surface area contributed by atoms with Crippen LogP contribution in [0.5, 0.6) is 0 Å². The van der Waals surface area contributed by atoms with Gasteiger partial charge in [0.25, 0.3) is 0 Å². The number of nitrogens with one attached hydrogen (secondary N) is 1. The van der Waals surface area contributed by atoms with Crippen molar-refractivity contribution < 1.29 is 0 Å². The molecule has 5 heteroatoms. The summed E-state index contributed by atoms with van der Waals surface area (Å²) in [5.74, 6) is 8.43. The van der Waals surface area contributed by atoms with Crippen molar-refractivity contribution in [2.75, 3.05) is 5.73 Å². The van der Waals surface area contributed by atoms with Crippen molar-refractivity contribution >= 4 is 5.82 Å². The molecule has 0 saturated heterocycles. The molecule has 0 aliphatic heterocycles. The normalized spacial score (nSPS) is 12.4. The maximum Gasteiger partial charge on any atom is 0.126 e. The van der Waals surface area contributed by atoms with Crippen LogP contribution in [0.2, 0.25) is 0 Å². The number of anilines is 1. The van der Waals surface area contributed by atoms with E-state index in [9.17, 15) is 0 Å². The molecule has 0 amide bonds. The van der Waals surface area contributed by atoms with Crippen LogP contribution in [0.1, 0.15) is 18.0 Å². The van der Waals surface area contributed by atoms with E-state index < -0.39 is 0 Å². The molecule has 0 fully saturated rings. The lowest BCUT2D eigenvalue weighted by molar-refractivity contribution is 0.569. The second kappa shape index (κ2) is 3.94. The number of nitrogen functional groups attached to an aromatic ring is 1. The lowest BCUT2D eigenvalue weighted by Crippen LogP contribution is -2.28. The van der Waals surface area contributed by atoms with E-state index >= 15 is 0 Å². The summed E-state index contributed by atoms with van der Waals surface area (Å²) >= 11 is 0. The zero-order chi connectivity index (χ0) is 9.84. The quantitative estimate of drug-likeness (QED) is 0.333. The first-order valence-corrected chi connectivity index (χ1v) is 3.87. The Morgan fingerprint density at radius 3 is 2.92 bits per heavy atom. The number of nitrogens with zero attached hydrogens (tertiary/aromatic N) is 2. The molecular weight excluding hydrogens is 166 g/mol. The molecule has 70 valence electrons. The van der Waals surface area contributed by atoms with Crippen LogP contribution < -0.4 is 17.0 Å². The first-order chi connectivity index (χ1) is 6.20. The van der Waals surface area contributed by atoms with E-state index in [2.05, 4.69) is 16.4 Å². The minimum absolute atomic E-state index is 0.126. The number of aryl methyl sites for hydroxylation is 1. The van der Waals surface area contributed by atoms with Crippen molar-refractivity contribution in [1.82, 2.24) is 15.2 Å². The molecule has 1 unspecified atom stereocenters. The fourth-order valence-electron chi connectivity index (χ4n) is 1.11. The molecular formula is C8H13N5. The Labute approximate surface area is 77.1 Å². The molecule has 1 aromatic heterocycles. The van der Waals surface area contributed by atoms with Gasteiger partial charge in [0, 0.05) is 19.0 Å². The molecule has 1 atom stereocenters. The van der Waals surface area contributed by atoms with Gasteiger partial charge in [-0.15, -0.1) is 12.3 Å². The first-order valence-electron chi connectivity index (χ1n) is 3.87. The van der Waals surface area contributed by atoms with E-state index in [1.807, 2.05) is 0 Å². The van der Waals surface area contributed by atoms with Crippen molar-refractivity contribution in [3.63, 3.8) is 0 Å². The standard InChI is InChI=1S/C8H13N5/c1-3-4-7(12-10)6-5-11-13(2)8(6)9/h1,5,7,12H,4,9-10H2,2H3. The number of hydrogen-bond donors (Lipinski definition) is 3. The molecule has 13 heavy (non-hydrogen) atoms. The molecule has 0 aliphatic rings. The molecule has 0 bridgehead atoms. The van der Waals surface area contributed by atoms with Crippen LogP contribution >= 0.6 is 0 Å². The highest BCUT2D eigenvalue weighted by Crippen LogP contribution is 2.20. The van der Waals surface area contributed by atoms with E-state index in [4.69, 9.17) is 18.0 Å². The molecule has 5 nitrogen and oxygen atoms in total. The molecule has 1 aromatic rings. The molecule has 0 aromatic carbocycles. The van der Waals surface area contributed by atoms with Crippen LogP contribution in [-0.4, -0.2) is 9.78 Å². The molecule has 0 aliphatic carbocycles. The predicted molar refractivity (Wildman–Crippen MR) is 51.1 cm³/mol. The molecule has 5 N–H and O–H groups in total. The second-order valence-corrected chi connectivity index (χ2v) is 2.74. The Morgan fingerprint density at radius 1 is 1.85 bits per heavy atom. The van der Waals surface area contributed by atoms with Crippen molar-refractivity contribution in [1.29, 1.82) is 0 Å². The van der Waals surface area contributed by atoms with Crippen LogP contribution in [0.25, 0.3) is 0 Å². The van der Waals surface area contributed by atoms with E-state index in [0.29, 0.717) is 12.2 Å². The number of nitrogens with two attached hydrogens (primary N) is 2. The average Bonchev–Trinajstić information content (AvgIpc) is 2.45. The van der Waals surface area contributed by atoms with Crippen LogP contribution in [0.15, 0.2) is 6.20 Å². The lowest BCUT2D eigenvalue weighted by atomic mass is 10.1. The lowest BCUT2D eigenvalue weighted by Gasteiger charge is -2.11. The van der Waals surface area contributed by atoms with Crippen molar-refractivity contribution in [2.24, 2.45) is 12.9 Å². The van der Waals surface area contributed by atoms with Gasteiger partial charge >= 0.3 is 0 Å². The number of terminal acetylenes is 1. The largest absolute Gasteiger partial charge is 0.384 e. The number of hydrogen-bond acceptors (Lipinski definition) is 4. The smallest absolute Gasteiger partial charge is 0.126 e. The zero-order valence-corrected chi connectivity index (χ0v) is 7.49. The van der Waals surface area contributed by atoms with Crippen LogP contribution in [0.4, 0.5) is 5.82 Å². The van der Waals surface area contributed by atoms with E-state index in [0.717, 1.165) is 5.56 Å². The predicted octanol–water partition coefficient (Wildman–Crippen LogP) is -0.470. The van der Waals surface area contributed by atoms with Gasteiger partial charge in [-0.25, -0.2) is 0 Å². The third-order valence-electron chi connectivity index (χ3n) is 1.91. The Kier molecular flexibility index (Phi) is 2.90. The van der Waals surface area contributed by atoms with Gasteiger partial charge in [-0.3, -0.25) is 16.0 Å². The highest BCUT2D eigenvalue weighted by molar-refractivity contribution is 5.41. The first kappa shape index (κ1) is 9.58. The van der Waals surface area contributed by atoms with Gasteiger partial charge in [-0.05, 0) is 0 Å². The Morgan fingerprint density at radius 2 is 2.54 bits per heavy atom. The Hall–Kier alpha value is -1.51. The van der Waals surface area contributed by atoms with Gasteiger partial charge in [0.2, 0.25) is 0 Å². The molecule has 0 saturated carbocycles. The zero-order valence-electron chi connectivity index (χ0n) is 7.49. The number of rotatable bonds is 3. The Balaban J connectivity index is 2.92. The fourth-order valence-corrected chi connectivity index (χ4v) is 1.11. The van der Waals surface area contributed by atoms with E-state index in [-0.39, 0.29) is 6.04 Å². The monoisotopic (exact) mass is 179 g/mol. The van der Waals surface area contributed by atoms with Crippen LogP contribution in [0, 0.1) is 12.3 Å². The minimum Gasteiger partial charge on any atom is -0.384 e. The van der Waals surface area contributed by atoms with Gasteiger partial charge in [0.05, 0.1) is 12.2 Å². The maximum absolute atomic E-state index is 5.75. The summed E-state index contributed by atoms with van der Waals surface area (Å²) in [4.78, 5) is 0. The molecule has 0 radical (unpaired) electrons. The average molecular weight is 179 g/mol. The van der Waals surface area contributed by atoms with Gasteiger partial charge in [-0.1, -0.05) is 0 Å². The fraction of sp³-hybridized carbons (Fsp3) is 0.375. The van der Waals surface area contributed by atoms with Gasteiger partial charge in [-0.2, -0.15) is 5.10 Å². The van der Waals surface area contributed by atoms with Crippen molar-refractivity contribution in [2.45, 2.75) is 12.5 Å². The number of aromatic nitrogens is 2. The number of hydrazine groups is 1. The third kappa shape index (κ3) is 1.80. The van der Waals surface area contributed by atoms with Gasteiger partial charge in [0.1, 0.15) is 5.82 Å². The van der Waals surface area contributed by atoms with Gasteiger partial charge in [0.15, 0.2) is 0 Å². The van der Waals surface area contributed by atoms with Crippen molar-refractivity contribution in [3.05, 3.63) is 11.8 Å². The summed E-state index contributed by atoms with van der Waals surface area (Å²) < 4.78 is 1.58. The molecule has 1 heterocycles. The summed E-state index contributed by atoms with van der Waals surface area (Å²) in [5, 5.41) is 3.99. The third-order valence-corrected chi connectivity index (χ3v) is 1.91. The highest BCUT2D eigenvalue weighted by Gasteiger charge is 2.14. The van der Waals surface area contributed by atoms with Crippen molar-refractivity contribution in [3.8, 4) is 12.3 Å². The SMILES string of the molecule is C#CCC(NN)c1cnn(C)c1N. The summed E-state index contributed by atoms with van der Waals surface area (Å²) in [5.41, 5.74) is 9.18. The van der Waals surface area contributed by atoms with Crippen LogP contribution in [0.3, 0.4) is 0 Å². The summed E-state index contributed by atoms with van der Waals surface area (Å²) in [6, 6.07) is -0.126. The summed E-state index contributed by atoms with van der Waals surface area (Å²) in [6.45, 7) is 0. The minimum atomic E-state index is -0.126. The summed E-state index contributed by atoms with van der Waals surface area (Å²) in [6.07, 6.45) is 7.34. The highest BCUT2D eigenvalue weighted by atomic mass is 15.3. The van der Waals surface area contributed by atoms with Crippen LogP contribution in [-0.2, 0) is 7.05 Å². The second-order valence-electron chi connectivity index (χ2n) is 2.74. The van der Waals surface area contributed by atoms with Gasteiger partial charge < -0.3 is 5.73 Å². The molecule has 0 spiro atoms. The molecule has 1 rings (SSSR count).